The second-order valence-electron chi connectivity index (χ2n) is 4.49. The van der Waals surface area contributed by atoms with Gasteiger partial charge in [0.25, 0.3) is 0 Å². The van der Waals surface area contributed by atoms with Crippen molar-refractivity contribution in [3.05, 3.63) is 40.6 Å². The predicted molar refractivity (Wildman–Crippen MR) is 67.2 cm³/mol. The van der Waals surface area contributed by atoms with Gasteiger partial charge in [-0.15, -0.1) is 0 Å². The standard InChI is InChI=1S/C13H15N3O2/c17-12-7-9(4-5-14-12)10-8-15-16-13(10)11-3-1-2-6-18-11/h4-5,7-8,11H,1-3,6H2,(H,14,17)(H,15,16). The number of hydrogen-bond acceptors (Lipinski definition) is 3. The molecule has 18 heavy (non-hydrogen) atoms. The van der Waals surface area contributed by atoms with E-state index in [-0.39, 0.29) is 11.7 Å². The minimum atomic E-state index is -0.107. The molecule has 5 nitrogen and oxygen atoms in total. The van der Waals surface area contributed by atoms with Crippen molar-refractivity contribution in [3.8, 4) is 11.1 Å². The molecule has 1 fully saturated rings. The number of aromatic nitrogens is 3. The minimum Gasteiger partial charge on any atom is -0.372 e. The maximum Gasteiger partial charge on any atom is 0.248 e. The maximum atomic E-state index is 11.4. The van der Waals surface area contributed by atoms with Gasteiger partial charge in [-0.1, -0.05) is 0 Å². The first kappa shape index (κ1) is 11.2. The Morgan fingerprint density at radius 3 is 3.11 bits per heavy atom. The molecular formula is C13H15N3O2. The van der Waals surface area contributed by atoms with E-state index in [2.05, 4.69) is 15.2 Å². The first-order chi connectivity index (χ1) is 8.84. The molecular weight excluding hydrogens is 230 g/mol. The number of nitrogens with one attached hydrogen (secondary N) is 2. The molecule has 1 aliphatic heterocycles. The zero-order valence-corrected chi connectivity index (χ0v) is 9.98. The SMILES string of the molecule is O=c1cc(-c2cn[nH]c2C2CCCCO2)cc[nH]1. The smallest absolute Gasteiger partial charge is 0.248 e. The summed E-state index contributed by atoms with van der Waals surface area (Å²) in [7, 11) is 0. The van der Waals surface area contributed by atoms with E-state index in [0.717, 1.165) is 36.3 Å². The summed E-state index contributed by atoms with van der Waals surface area (Å²) < 4.78 is 5.76. The Labute approximate surface area is 104 Å². The highest BCUT2D eigenvalue weighted by molar-refractivity contribution is 5.64. The monoisotopic (exact) mass is 245 g/mol. The molecule has 0 spiro atoms. The van der Waals surface area contributed by atoms with Crippen LogP contribution in [0.4, 0.5) is 0 Å². The Bertz CT molecular complexity index is 582. The largest absolute Gasteiger partial charge is 0.372 e. The van der Waals surface area contributed by atoms with Gasteiger partial charge >= 0.3 is 0 Å². The number of hydrogen-bond donors (Lipinski definition) is 2. The minimum absolute atomic E-state index is 0.0653. The fraction of sp³-hybridized carbons (Fsp3) is 0.385. The molecule has 1 aliphatic rings. The fourth-order valence-electron chi connectivity index (χ4n) is 2.35. The quantitative estimate of drug-likeness (QED) is 0.850. The van der Waals surface area contributed by atoms with Crippen molar-refractivity contribution in [3.63, 3.8) is 0 Å². The highest BCUT2D eigenvalue weighted by Gasteiger charge is 2.21. The average Bonchev–Trinajstić information content (AvgIpc) is 2.89. The van der Waals surface area contributed by atoms with Crippen LogP contribution in [0.25, 0.3) is 11.1 Å². The third-order valence-electron chi connectivity index (χ3n) is 3.26. The molecule has 1 atom stereocenters. The molecule has 0 amide bonds. The highest BCUT2D eigenvalue weighted by Crippen LogP contribution is 2.32. The van der Waals surface area contributed by atoms with E-state index in [1.165, 1.54) is 6.42 Å². The molecule has 5 heteroatoms. The molecule has 0 saturated carbocycles. The van der Waals surface area contributed by atoms with Gasteiger partial charge in [-0.05, 0) is 30.9 Å². The lowest BCUT2D eigenvalue weighted by Gasteiger charge is -2.22. The third kappa shape index (κ3) is 2.09. The van der Waals surface area contributed by atoms with Crippen LogP contribution in [-0.2, 0) is 4.74 Å². The summed E-state index contributed by atoms with van der Waals surface area (Å²) in [5, 5.41) is 7.09. The normalized spacial score (nSPS) is 19.9. The second-order valence-corrected chi connectivity index (χ2v) is 4.49. The van der Waals surface area contributed by atoms with Crippen LogP contribution in [-0.4, -0.2) is 21.8 Å². The van der Waals surface area contributed by atoms with Crippen molar-refractivity contribution in [1.29, 1.82) is 0 Å². The van der Waals surface area contributed by atoms with Gasteiger partial charge in [0.15, 0.2) is 0 Å². The van der Waals surface area contributed by atoms with Crippen LogP contribution in [0.15, 0.2) is 29.3 Å². The highest BCUT2D eigenvalue weighted by atomic mass is 16.5. The van der Waals surface area contributed by atoms with E-state index in [4.69, 9.17) is 4.74 Å². The van der Waals surface area contributed by atoms with E-state index in [1.807, 2.05) is 6.07 Å². The lowest BCUT2D eigenvalue weighted by atomic mass is 10.00. The van der Waals surface area contributed by atoms with Gasteiger partial charge in [0.1, 0.15) is 0 Å². The topological polar surface area (TPSA) is 70.8 Å². The van der Waals surface area contributed by atoms with Gasteiger partial charge < -0.3 is 9.72 Å². The van der Waals surface area contributed by atoms with E-state index >= 15 is 0 Å². The third-order valence-corrected chi connectivity index (χ3v) is 3.26. The molecule has 2 N–H and O–H groups in total. The summed E-state index contributed by atoms with van der Waals surface area (Å²) in [6, 6.07) is 3.45. The summed E-state index contributed by atoms with van der Waals surface area (Å²) >= 11 is 0. The van der Waals surface area contributed by atoms with E-state index in [0.29, 0.717) is 0 Å². The van der Waals surface area contributed by atoms with Crippen molar-refractivity contribution in [2.24, 2.45) is 0 Å². The van der Waals surface area contributed by atoms with Crippen molar-refractivity contribution in [2.75, 3.05) is 6.61 Å². The van der Waals surface area contributed by atoms with Gasteiger partial charge in [-0.2, -0.15) is 5.10 Å². The molecule has 2 aromatic rings. The van der Waals surface area contributed by atoms with E-state index in [9.17, 15) is 4.79 Å². The lowest BCUT2D eigenvalue weighted by molar-refractivity contribution is 0.0126. The van der Waals surface area contributed by atoms with E-state index < -0.39 is 0 Å². The lowest BCUT2D eigenvalue weighted by Crippen LogP contribution is -2.13. The van der Waals surface area contributed by atoms with Gasteiger partial charge in [0, 0.05) is 24.4 Å². The number of nitrogens with zero attached hydrogens (tertiary/aromatic N) is 1. The Kier molecular flexibility index (Phi) is 2.98. The summed E-state index contributed by atoms with van der Waals surface area (Å²) in [6.07, 6.45) is 6.75. The molecule has 1 unspecified atom stereocenters. The number of ether oxygens (including phenoxy) is 1. The summed E-state index contributed by atoms with van der Waals surface area (Å²) in [5.74, 6) is 0. The summed E-state index contributed by atoms with van der Waals surface area (Å²) in [4.78, 5) is 14.0. The molecule has 0 aromatic carbocycles. The van der Waals surface area contributed by atoms with Gasteiger partial charge in [-0.3, -0.25) is 9.89 Å². The molecule has 0 aliphatic carbocycles. The zero-order chi connectivity index (χ0) is 12.4. The van der Waals surface area contributed by atoms with Crippen LogP contribution < -0.4 is 5.56 Å². The predicted octanol–water partition coefficient (Wildman–Crippen LogP) is 2.01. The number of pyridine rings is 1. The molecule has 94 valence electrons. The zero-order valence-electron chi connectivity index (χ0n) is 9.98. The van der Waals surface area contributed by atoms with Crippen LogP contribution in [0, 0.1) is 0 Å². The molecule has 3 heterocycles. The van der Waals surface area contributed by atoms with Crippen molar-refractivity contribution < 1.29 is 4.74 Å². The van der Waals surface area contributed by atoms with Crippen molar-refractivity contribution >= 4 is 0 Å². The van der Waals surface area contributed by atoms with E-state index in [1.54, 1.807) is 18.5 Å². The van der Waals surface area contributed by atoms with Gasteiger partial charge in [0.2, 0.25) is 5.56 Å². The Morgan fingerprint density at radius 2 is 2.33 bits per heavy atom. The number of rotatable bonds is 2. The first-order valence-electron chi connectivity index (χ1n) is 6.18. The van der Waals surface area contributed by atoms with Crippen molar-refractivity contribution in [1.82, 2.24) is 15.2 Å². The Balaban J connectivity index is 1.98. The maximum absolute atomic E-state index is 11.4. The summed E-state index contributed by atoms with van der Waals surface area (Å²) in [5.41, 5.74) is 2.69. The van der Waals surface area contributed by atoms with Gasteiger partial charge in [0.05, 0.1) is 18.0 Å². The van der Waals surface area contributed by atoms with Crippen LogP contribution in [0.5, 0.6) is 0 Å². The average molecular weight is 245 g/mol. The Morgan fingerprint density at radius 1 is 1.39 bits per heavy atom. The Hall–Kier alpha value is -1.88. The van der Waals surface area contributed by atoms with Crippen LogP contribution in [0.1, 0.15) is 31.1 Å². The molecule has 0 radical (unpaired) electrons. The first-order valence-corrected chi connectivity index (χ1v) is 6.18. The van der Waals surface area contributed by atoms with Crippen LogP contribution in [0.3, 0.4) is 0 Å². The fourth-order valence-corrected chi connectivity index (χ4v) is 2.35. The van der Waals surface area contributed by atoms with Crippen LogP contribution in [0.2, 0.25) is 0 Å². The number of H-pyrrole nitrogens is 2. The van der Waals surface area contributed by atoms with Crippen molar-refractivity contribution in [2.45, 2.75) is 25.4 Å². The molecule has 0 bridgehead atoms. The number of aromatic amines is 2. The molecule has 1 saturated heterocycles. The molecule has 3 rings (SSSR count). The van der Waals surface area contributed by atoms with Crippen LogP contribution >= 0.6 is 0 Å². The molecule has 2 aromatic heterocycles. The second kappa shape index (κ2) is 4.78. The van der Waals surface area contributed by atoms with Gasteiger partial charge in [-0.25, -0.2) is 0 Å². The summed E-state index contributed by atoms with van der Waals surface area (Å²) in [6.45, 7) is 0.790.